The van der Waals surface area contributed by atoms with Gasteiger partial charge in [-0.2, -0.15) is 0 Å². The number of hydrogen-bond acceptors (Lipinski definition) is 3. The van der Waals surface area contributed by atoms with E-state index in [1.807, 2.05) is 0 Å². The maximum absolute atomic E-state index is 11.8. The van der Waals surface area contributed by atoms with Crippen molar-refractivity contribution in [3.8, 4) is 0 Å². The van der Waals surface area contributed by atoms with Crippen LogP contribution in [0.3, 0.4) is 0 Å². The first kappa shape index (κ1) is 12.5. The van der Waals surface area contributed by atoms with Gasteiger partial charge < -0.3 is 4.74 Å². The van der Waals surface area contributed by atoms with Gasteiger partial charge in [-0.3, -0.25) is 4.79 Å². The number of thioether (sulfide) groups is 1. The van der Waals surface area contributed by atoms with Crippen LogP contribution in [0.4, 0.5) is 0 Å². The van der Waals surface area contributed by atoms with Gasteiger partial charge in [0, 0.05) is 4.90 Å². The van der Waals surface area contributed by atoms with E-state index in [0.29, 0.717) is 5.92 Å². The molecule has 2 rings (SSSR count). The summed E-state index contributed by atoms with van der Waals surface area (Å²) < 4.78 is 4.90. The van der Waals surface area contributed by atoms with Crippen molar-refractivity contribution >= 4 is 17.7 Å². The van der Waals surface area contributed by atoms with Gasteiger partial charge in [0.05, 0.1) is 7.11 Å². The fourth-order valence-corrected chi connectivity index (χ4v) is 3.26. The van der Waals surface area contributed by atoms with Gasteiger partial charge in [0.25, 0.3) is 0 Å². The predicted octanol–water partition coefficient (Wildman–Crippen LogP) is 3.35. The van der Waals surface area contributed by atoms with E-state index in [-0.39, 0.29) is 11.2 Å². The summed E-state index contributed by atoms with van der Waals surface area (Å²) in [4.78, 5) is 13.0. The number of benzene rings is 1. The van der Waals surface area contributed by atoms with Gasteiger partial charge in [-0.25, -0.2) is 0 Å². The maximum atomic E-state index is 11.8. The average Bonchev–Trinajstić information content (AvgIpc) is 3.13. The molecule has 0 N–H and O–H groups in total. The number of esters is 1. The second kappa shape index (κ2) is 5.13. The second-order valence-corrected chi connectivity index (χ2v) is 5.85. The standard InChI is InChI=1S/C14H18O2S/c1-9-4-5-10(2)12(8-9)17-13(11-6-7-11)14(15)16-3/h4-5,8,11,13H,6-7H2,1-3H3. The summed E-state index contributed by atoms with van der Waals surface area (Å²) in [7, 11) is 1.47. The van der Waals surface area contributed by atoms with Gasteiger partial charge in [0.1, 0.15) is 5.25 Å². The SMILES string of the molecule is COC(=O)C(Sc1cc(C)ccc1C)C1CC1. The lowest BCUT2D eigenvalue weighted by atomic mass is 10.2. The molecule has 92 valence electrons. The van der Waals surface area contributed by atoms with Crippen LogP contribution >= 0.6 is 11.8 Å². The highest BCUT2D eigenvalue weighted by Crippen LogP contribution is 2.43. The van der Waals surface area contributed by atoms with Crippen molar-refractivity contribution in [3.05, 3.63) is 29.3 Å². The number of carbonyl (C=O) groups is 1. The van der Waals surface area contributed by atoms with E-state index < -0.39 is 0 Å². The van der Waals surface area contributed by atoms with Crippen LogP contribution in [0.2, 0.25) is 0 Å². The van der Waals surface area contributed by atoms with Gasteiger partial charge in [-0.15, -0.1) is 11.8 Å². The molecule has 2 nitrogen and oxygen atoms in total. The van der Waals surface area contributed by atoms with E-state index in [0.717, 1.165) is 12.8 Å². The lowest BCUT2D eigenvalue weighted by molar-refractivity contribution is -0.140. The van der Waals surface area contributed by atoms with Crippen LogP contribution in [-0.2, 0) is 9.53 Å². The first-order valence-corrected chi connectivity index (χ1v) is 6.81. The molecule has 0 spiro atoms. The van der Waals surface area contributed by atoms with Crippen LogP contribution in [-0.4, -0.2) is 18.3 Å². The van der Waals surface area contributed by atoms with Crippen LogP contribution < -0.4 is 0 Å². The Labute approximate surface area is 107 Å². The second-order valence-electron chi connectivity index (χ2n) is 4.67. The molecule has 0 aromatic heterocycles. The molecule has 0 bridgehead atoms. The third-order valence-corrected chi connectivity index (χ3v) is 4.61. The summed E-state index contributed by atoms with van der Waals surface area (Å²) in [6.45, 7) is 4.16. The highest BCUT2D eigenvalue weighted by Gasteiger charge is 2.37. The lowest BCUT2D eigenvalue weighted by Crippen LogP contribution is -2.20. The third kappa shape index (κ3) is 3.03. The molecule has 3 heteroatoms. The van der Waals surface area contributed by atoms with Crippen LogP contribution in [0.5, 0.6) is 0 Å². The zero-order chi connectivity index (χ0) is 12.4. The molecule has 1 aromatic carbocycles. The van der Waals surface area contributed by atoms with E-state index >= 15 is 0 Å². The predicted molar refractivity (Wildman–Crippen MR) is 70.3 cm³/mol. The molecule has 17 heavy (non-hydrogen) atoms. The van der Waals surface area contributed by atoms with Crippen LogP contribution in [0.1, 0.15) is 24.0 Å². The number of hydrogen-bond donors (Lipinski definition) is 0. The number of carbonyl (C=O) groups excluding carboxylic acids is 1. The van der Waals surface area contributed by atoms with Gasteiger partial charge in [0.2, 0.25) is 0 Å². The minimum atomic E-state index is -0.0848. The van der Waals surface area contributed by atoms with Crippen molar-refractivity contribution in [2.45, 2.75) is 36.8 Å². The number of aryl methyl sites for hydroxylation is 2. The summed E-state index contributed by atoms with van der Waals surface area (Å²) in [6, 6.07) is 6.36. The van der Waals surface area contributed by atoms with E-state index in [1.165, 1.54) is 23.1 Å². The van der Waals surface area contributed by atoms with Crippen LogP contribution in [0.15, 0.2) is 23.1 Å². The fraction of sp³-hybridized carbons (Fsp3) is 0.500. The Morgan fingerprint density at radius 2 is 2.12 bits per heavy atom. The summed E-state index contributed by atoms with van der Waals surface area (Å²) >= 11 is 1.66. The Morgan fingerprint density at radius 3 is 2.71 bits per heavy atom. The molecular weight excluding hydrogens is 232 g/mol. The van der Waals surface area contributed by atoms with E-state index in [2.05, 4.69) is 32.0 Å². The molecule has 0 heterocycles. The number of rotatable bonds is 4. The van der Waals surface area contributed by atoms with Gasteiger partial charge in [0.15, 0.2) is 0 Å². The van der Waals surface area contributed by atoms with Crippen molar-refractivity contribution in [1.82, 2.24) is 0 Å². The Hall–Kier alpha value is -0.960. The molecule has 1 unspecified atom stereocenters. The molecule has 0 saturated heterocycles. The van der Waals surface area contributed by atoms with E-state index in [9.17, 15) is 4.79 Å². The lowest BCUT2D eigenvalue weighted by Gasteiger charge is -2.15. The zero-order valence-corrected chi connectivity index (χ0v) is 11.3. The van der Waals surface area contributed by atoms with Crippen molar-refractivity contribution in [3.63, 3.8) is 0 Å². The monoisotopic (exact) mass is 250 g/mol. The minimum absolute atomic E-state index is 0.0273. The fourth-order valence-electron chi connectivity index (χ4n) is 1.82. The van der Waals surface area contributed by atoms with Gasteiger partial charge >= 0.3 is 5.97 Å². The topological polar surface area (TPSA) is 26.3 Å². The Bertz CT molecular complexity index is 424. The van der Waals surface area contributed by atoms with Crippen molar-refractivity contribution in [2.75, 3.05) is 7.11 Å². The number of ether oxygens (including phenoxy) is 1. The van der Waals surface area contributed by atoms with Crippen molar-refractivity contribution < 1.29 is 9.53 Å². The molecule has 0 radical (unpaired) electrons. The Balaban J connectivity index is 2.16. The quantitative estimate of drug-likeness (QED) is 0.605. The Morgan fingerprint density at radius 1 is 1.41 bits per heavy atom. The average molecular weight is 250 g/mol. The van der Waals surface area contributed by atoms with Crippen LogP contribution in [0, 0.1) is 19.8 Å². The number of methoxy groups -OCH3 is 1. The first-order chi connectivity index (χ1) is 8.11. The normalized spacial score (nSPS) is 16.6. The molecule has 1 aromatic rings. The molecule has 1 fully saturated rings. The van der Waals surface area contributed by atoms with Gasteiger partial charge in [-0.1, -0.05) is 17.7 Å². The Kier molecular flexibility index (Phi) is 3.77. The molecule has 0 amide bonds. The first-order valence-electron chi connectivity index (χ1n) is 5.93. The summed E-state index contributed by atoms with van der Waals surface area (Å²) in [5.74, 6) is 0.422. The van der Waals surface area contributed by atoms with Gasteiger partial charge in [-0.05, 0) is 44.2 Å². The smallest absolute Gasteiger partial charge is 0.319 e. The largest absolute Gasteiger partial charge is 0.468 e. The molecule has 1 aliphatic rings. The minimum Gasteiger partial charge on any atom is -0.468 e. The summed E-state index contributed by atoms with van der Waals surface area (Å²) in [6.07, 6.45) is 2.30. The molecular formula is C14H18O2S. The molecule has 1 saturated carbocycles. The van der Waals surface area contributed by atoms with Crippen molar-refractivity contribution in [2.24, 2.45) is 5.92 Å². The summed E-state index contributed by atoms with van der Waals surface area (Å²) in [5, 5.41) is -0.0273. The highest BCUT2D eigenvalue weighted by atomic mass is 32.2. The highest BCUT2D eigenvalue weighted by molar-refractivity contribution is 8.00. The molecule has 0 aliphatic heterocycles. The molecule has 1 atom stereocenters. The maximum Gasteiger partial charge on any atom is 0.319 e. The third-order valence-electron chi connectivity index (χ3n) is 3.08. The van der Waals surface area contributed by atoms with E-state index in [4.69, 9.17) is 4.74 Å². The summed E-state index contributed by atoms with van der Waals surface area (Å²) in [5.41, 5.74) is 2.47. The van der Waals surface area contributed by atoms with Crippen molar-refractivity contribution in [1.29, 1.82) is 0 Å². The van der Waals surface area contributed by atoms with E-state index in [1.54, 1.807) is 11.8 Å². The van der Waals surface area contributed by atoms with Crippen LogP contribution in [0.25, 0.3) is 0 Å². The zero-order valence-electron chi connectivity index (χ0n) is 10.5. The molecule has 1 aliphatic carbocycles.